The van der Waals surface area contributed by atoms with Crippen molar-refractivity contribution < 1.29 is 0 Å². The molecule has 1 aliphatic carbocycles. The van der Waals surface area contributed by atoms with Crippen LogP contribution in [0.15, 0.2) is 39.9 Å². The smallest absolute Gasteiger partial charge is 0.235 e. The second-order valence-corrected chi connectivity index (χ2v) is 7.10. The highest BCUT2D eigenvalue weighted by Crippen LogP contribution is 2.28. The van der Waals surface area contributed by atoms with Gasteiger partial charge in [-0.3, -0.25) is 9.59 Å². The summed E-state index contributed by atoms with van der Waals surface area (Å²) in [5.41, 5.74) is 1.50. The van der Waals surface area contributed by atoms with Gasteiger partial charge in [0.25, 0.3) is 0 Å². The lowest BCUT2D eigenvalue weighted by Gasteiger charge is -2.23. The van der Waals surface area contributed by atoms with E-state index in [9.17, 15) is 9.59 Å². The Bertz CT molecular complexity index is 778. The second kappa shape index (κ2) is 7.25. The van der Waals surface area contributed by atoms with E-state index in [1.165, 1.54) is 32.1 Å². The Morgan fingerprint density at radius 2 is 1.75 bits per heavy atom. The van der Waals surface area contributed by atoms with Gasteiger partial charge in [-0.15, -0.1) is 0 Å². The van der Waals surface area contributed by atoms with E-state index >= 15 is 0 Å². The van der Waals surface area contributed by atoms with Crippen molar-refractivity contribution in [3.63, 3.8) is 0 Å². The van der Waals surface area contributed by atoms with Crippen LogP contribution in [-0.2, 0) is 6.42 Å². The molecule has 2 aromatic carbocycles. The number of hydrogen-bond acceptors (Lipinski definition) is 3. The lowest BCUT2D eigenvalue weighted by molar-refractivity contribution is 0.339. The van der Waals surface area contributed by atoms with Crippen LogP contribution in [0.3, 0.4) is 0 Å². The van der Waals surface area contributed by atoms with Gasteiger partial charge in [-0.05, 0) is 24.3 Å². The van der Waals surface area contributed by atoms with Crippen molar-refractivity contribution in [2.45, 2.75) is 57.8 Å². The molecule has 0 aromatic heterocycles. The van der Waals surface area contributed by atoms with Gasteiger partial charge in [0, 0.05) is 11.5 Å². The largest absolute Gasteiger partial charge is 0.304 e. The molecule has 24 heavy (non-hydrogen) atoms. The molecule has 0 saturated heterocycles. The van der Waals surface area contributed by atoms with Gasteiger partial charge in [0.05, 0.1) is 11.3 Å². The molecule has 1 saturated carbocycles. The Hall–Kier alpha value is -2.03. The molecule has 0 amide bonds. The van der Waals surface area contributed by atoms with Gasteiger partial charge in [-0.25, -0.2) is 0 Å². The minimum atomic E-state index is -0.457. The summed E-state index contributed by atoms with van der Waals surface area (Å²) in [6.07, 6.45) is 8.00. The first-order valence-electron chi connectivity index (χ1n) is 9.05. The van der Waals surface area contributed by atoms with E-state index in [0.717, 1.165) is 12.0 Å². The Morgan fingerprint density at radius 1 is 1.08 bits per heavy atom. The van der Waals surface area contributed by atoms with Crippen LogP contribution in [0, 0.1) is 11.3 Å². The molecule has 1 fully saturated rings. The zero-order valence-electron chi connectivity index (χ0n) is 14.3. The fourth-order valence-electron chi connectivity index (χ4n) is 3.91. The van der Waals surface area contributed by atoms with E-state index in [4.69, 9.17) is 5.41 Å². The van der Waals surface area contributed by atoms with Crippen LogP contribution in [-0.4, -0.2) is 5.71 Å². The average Bonchev–Trinajstić information content (AvgIpc) is 2.64. The normalized spacial score (nSPS) is 17.0. The maximum Gasteiger partial charge on any atom is 0.235 e. The van der Waals surface area contributed by atoms with Crippen molar-refractivity contribution in [3.8, 4) is 0 Å². The summed E-state index contributed by atoms with van der Waals surface area (Å²) in [6.45, 7) is 1.93. The molecule has 3 rings (SSSR count). The first-order valence-corrected chi connectivity index (χ1v) is 9.05. The van der Waals surface area contributed by atoms with E-state index in [0.29, 0.717) is 29.2 Å². The summed E-state index contributed by atoms with van der Waals surface area (Å²) < 4.78 is 0. The van der Waals surface area contributed by atoms with E-state index < -0.39 is 5.43 Å². The van der Waals surface area contributed by atoms with E-state index in [1.54, 1.807) is 0 Å². The Kier molecular flexibility index (Phi) is 5.08. The highest BCUT2D eigenvalue weighted by molar-refractivity contribution is 6.04. The number of benzene rings is 1. The average molecular weight is 323 g/mol. The highest BCUT2D eigenvalue weighted by atomic mass is 16.2. The standard InChI is InChI=1S/C21H25NO2/c1-14(16-10-6-3-7-11-16)19(22)18-17(20(23)21(18)24)13-12-15-8-4-2-5-9-15/h3,6-7,10-11,14-15,22H,2,4-5,8-9,12-13H2,1H3/t14-/m1/s1. The molecule has 0 unspecified atom stereocenters. The van der Waals surface area contributed by atoms with Gasteiger partial charge < -0.3 is 5.41 Å². The van der Waals surface area contributed by atoms with E-state index in [2.05, 4.69) is 0 Å². The molecule has 0 radical (unpaired) electrons. The zero-order valence-corrected chi connectivity index (χ0v) is 14.3. The number of hydrogen-bond donors (Lipinski definition) is 1. The second-order valence-electron chi connectivity index (χ2n) is 7.10. The van der Waals surface area contributed by atoms with Crippen molar-refractivity contribution >= 4 is 5.71 Å². The molecular weight excluding hydrogens is 298 g/mol. The SMILES string of the molecule is C[C@@H](C(=N)c1c(CCC2CCCCC2)c(=O)c1=O)c1ccccc1. The summed E-state index contributed by atoms with van der Waals surface area (Å²) in [7, 11) is 0. The van der Waals surface area contributed by atoms with E-state index in [1.807, 2.05) is 37.3 Å². The molecule has 3 nitrogen and oxygen atoms in total. The predicted molar refractivity (Wildman–Crippen MR) is 97.9 cm³/mol. The van der Waals surface area contributed by atoms with Gasteiger partial charge in [0.1, 0.15) is 0 Å². The quantitative estimate of drug-likeness (QED) is 0.646. The van der Waals surface area contributed by atoms with Crippen molar-refractivity contribution in [2.24, 2.45) is 5.92 Å². The fourth-order valence-corrected chi connectivity index (χ4v) is 3.91. The first kappa shape index (κ1) is 16.8. The number of nitrogens with one attached hydrogen (secondary N) is 1. The molecule has 3 heteroatoms. The zero-order chi connectivity index (χ0) is 17.1. The fraction of sp³-hybridized carbons (Fsp3) is 0.476. The lowest BCUT2D eigenvalue weighted by atomic mass is 9.81. The molecule has 1 N–H and O–H groups in total. The van der Waals surface area contributed by atoms with Gasteiger partial charge in [-0.1, -0.05) is 69.4 Å². The molecular formula is C21H25NO2. The maximum atomic E-state index is 12.1. The molecule has 0 heterocycles. The van der Waals surface area contributed by atoms with Crippen LogP contribution in [0.1, 0.15) is 68.1 Å². The third-order valence-electron chi connectivity index (χ3n) is 5.54. The maximum absolute atomic E-state index is 12.1. The molecule has 2 aromatic rings. The monoisotopic (exact) mass is 323 g/mol. The molecule has 0 spiro atoms. The Morgan fingerprint density at radius 3 is 2.42 bits per heavy atom. The molecule has 0 aliphatic heterocycles. The van der Waals surface area contributed by atoms with Gasteiger partial charge >= 0.3 is 0 Å². The van der Waals surface area contributed by atoms with Crippen molar-refractivity contribution in [2.75, 3.05) is 0 Å². The van der Waals surface area contributed by atoms with Crippen molar-refractivity contribution in [1.82, 2.24) is 0 Å². The van der Waals surface area contributed by atoms with Crippen LogP contribution >= 0.6 is 0 Å². The van der Waals surface area contributed by atoms with Gasteiger partial charge in [0.15, 0.2) is 0 Å². The van der Waals surface area contributed by atoms with Gasteiger partial charge in [0.2, 0.25) is 10.9 Å². The van der Waals surface area contributed by atoms with Crippen molar-refractivity contribution in [1.29, 1.82) is 5.41 Å². The van der Waals surface area contributed by atoms with Gasteiger partial charge in [-0.2, -0.15) is 0 Å². The van der Waals surface area contributed by atoms with Crippen LogP contribution in [0.2, 0.25) is 0 Å². The summed E-state index contributed by atoms with van der Waals surface area (Å²) in [6, 6.07) is 9.74. The minimum Gasteiger partial charge on any atom is -0.304 e. The predicted octanol–water partition coefficient (Wildman–Crippen LogP) is 3.97. The van der Waals surface area contributed by atoms with Crippen LogP contribution in [0.25, 0.3) is 0 Å². The highest BCUT2D eigenvalue weighted by Gasteiger charge is 2.27. The van der Waals surface area contributed by atoms with E-state index in [-0.39, 0.29) is 11.3 Å². The first-order chi connectivity index (χ1) is 11.6. The molecule has 1 atom stereocenters. The topological polar surface area (TPSA) is 58.0 Å². The number of rotatable bonds is 6. The third-order valence-corrected chi connectivity index (χ3v) is 5.54. The Labute approximate surface area is 142 Å². The lowest BCUT2D eigenvalue weighted by Crippen LogP contribution is -2.43. The third kappa shape index (κ3) is 3.26. The molecule has 1 aliphatic rings. The molecule has 126 valence electrons. The van der Waals surface area contributed by atoms with Crippen LogP contribution in [0.4, 0.5) is 0 Å². The Balaban J connectivity index is 1.74. The summed E-state index contributed by atoms with van der Waals surface area (Å²) in [4.78, 5) is 24.1. The van der Waals surface area contributed by atoms with Crippen LogP contribution in [0.5, 0.6) is 0 Å². The molecule has 0 bridgehead atoms. The van der Waals surface area contributed by atoms with Crippen molar-refractivity contribution in [3.05, 3.63) is 67.5 Å². The summed E-state index contributed by atoms with van der Waals surface area (Å²) >= 11 is 0. The minimum absolute atomic E-state index is 0.164. The van der Waals surface area contributed by atoms with Crippen LogP contribution < -0.4 is 10.9 Å². The summed E-state index contributed by atoms with van der Waals surface area (Å²) in [5, 5.41) is 8.43. The summed E-state index contributed by atoms with van der Waals surface area (Å²) in [5.74, 6) is 0.514.